The number of carbonyl (C=O) groups excluding carboxylic acids is 2. The molecular weight excluding hydrogens is 466 g/mol. The number of nitrogens with zero attached hydrogens (tertiary/aromatic N) is 3. The second-order valence-corrected chi connectivity index (χ2v) is 9.37. The third-order valence-electron chi connectivity index (χ3n) is 7.00. The second kappa shape index (κ2) is 6.46. The number of furan rings is 1. The molecule has 7 rings (SSSR count). The van der Waals surface area contributed by atoms with Crippen LogP contribution >= 0.6 is 15.9 Å². The maximum Gasteiger partial charge on any atom is 0.270 e. The highest BCUT2D eigenvalue weighted by atomic mass is 79.9. The number of benzene rings is 1. The van der Waals surface area contributed by atoms with Gasteiger partial charge in [0.25, 0.3) is 17.5 Å². The van der Waals surface area contributed by atoms with Crippen LogP contribution < -0.4 is 0 Å². The predicted molar refractivity (Wildman–Crippen MR) is 113 cm³/mol. The van der Waals surface area contributed by atoms with Crippen molar-refractivity contribution < 1.29 is 18.9 Å². The number of halogens is 1. The zero-order chi connectivity index (χ0) is 21.4. The van der Waals surface area contributed by atoms with Gasteiger partial charge in [0.2, 0.25) is 0 Å². The lowest BCUT2D eigenvalue weighted by Crippen LogP contribution is -2.40. The molecule has 0 radical (unpaired) electrons. The van der Waals surface area contributed by atoms with E-state index in [2.05, 4.69) is 33.2 Å². The summed E-state index contributed by atoms with van der Waals surface area (Å²) < 4.78 is 6.29. The largest absolute Gasteiger partial charge is 0.455 e. The number of carbonyl (C=O) groups is 2. The van der Waals surface area contributed by atoms with E-state index in [9.17, 15) is 19.7 Å². The third-order valence-corrected chi connectivity index (χ3v) is 7.65. The van der Waals surface area contributed by atoms with E-state index in [-0.39, 0.29) is 41.2 Å². The fraction of sp³-hybridized carbons (Fsp3) is 0.318. The summed E-state index contributed by atoms with van der Waals surface area (Å²) in [5.41, 5.74) is 0.615. The lowest BCUT2D eigenvalue weighted by atomic mass is 9.63. The minimum absolute atomic E-state index is 0.0300. The molecule has 2 bridgehead atoms. The van der Waals surface area contributed by atoms with Crippen molar-refractivity contribution in [2.45, 2.75) is 6.42 Å². The number of amides is 2. The van der Waals surface area contributed by atoms with Crippen molar-refractivity contribution in [3.05, 3.63) is 62.8 Å². The monoisotopic (exact) mass is 481 g/mol. The van der Waals surface area contributed by atoms with E-state index in [0.717, 1.165) is 11.4 Å². The van der Waals surface area contributed by atoms with Crippen LogP contribution in [-0.4, -0.2) is 28.0 Å². The van der Waals surface area contributed by atoms with Gasteiger partial charge in [0, 0.05) is 22.2 Å². The van der Waals surface area contributed by atoms with Gasteiger partial charge in [0.1, 0.15) is 11.5 Å². The molecule has 5 aliphatic rings. The van der Waals surface area contributed by atoms with Crippen molar-refractivity contribution in [2.24, 2.45) is 40.6 Å². The Morgan fingerprint density at radius 3 is 2.39 bits per heavy atom. The summed E-state index contributed by atoms with van der Waals surface area (Å²) in [7, 11) is 0. The Balaban J connectivity index is 1.23. The number of imide groups is 1. The first-order valence-electron chi connectivity index (χ1n) is 10.1. The van der Waals surface area contributed by atoms with Crippen LogP contribution in [0.1, 0.15) is 12.2 Å². The number of rotatable bonds is 4. The van der Waals surface area contributed by atoms with Crippen molar-refractivity contribution in [1.29, 1.82) is 0 Å². The van der Waals surface area contributed by atoms with Crippen molar-refractivity contribution in [1.82, 2.24) is 5.01 Å². The minimum Gasteiger partial charge on any atom is -0.455 e. The van der Waals surface area contributed by atoms with E-state index < -0.39 is 4.92 Å². The summed E-state index contributed by atoms with van der Waals surface area (Å²) in [6, 6.07) is 7.77. The van der Waals surface area contributed by atoms with Gasteiger partial charge in [0.15, 0.2) is 0 Å². The molecule has 1 aromatic carbocycles. The smallest absolute Gasteiger partial charge is 0.270 e. The molecule has 0 spiro atoms. The number of hydrogen-bond donors (Lipinski definition) is 0. The van der Waals surface area contributed by atoms with Crippen LogP contribution in [0.15, 0.2) is 56.5 Å². The summed E-state index contributed by atoms with van der Waals surface area (Å²) in [4.78, 5) is 36.3. The maximum absolute atomic E-state index is 12.9. The fourth-order valence-electron chi connectivity index (χ4n) is 5.55. The lowest BCUT2D eigenvalue weighted by molar-refractivity contribution is -0.384. The molecule has 0 unspecified atom stereocenters. The Labute approximate surface area is 184 Å². The molecular formula is C22H16BrN3O5. The lowest BCUT2D eigenvalue weighted by Gasteiger charge is -2.37. The molecule has 2 saturated carbocycles. The van der Waals surface area contributed by atoms with Crippen LogP contribution in [0.2, 0.25) is 0 Å². The number of nitro groups is 1. The van der Waals surface area contributed by atoms with Gasteiger partial charge in [-0.1, -0.05) is 12.2 Å². The van der Waals surface area contributed by atoms with Crippen molar-refractivity contribution >= 4 is 39.6 Å². The van der Waals surface area contributed by atoms with Crippen LogP contribution in [0.5, 0.6) is 0 Å². The zero-order valence-corrected chi connectivity index (χ0v) is 17.6. The maximum atomic E-state index is 12.9. The van der Waals surface area contributed by atoms with E-state index >= 15 is 0 Å². The molecule has 4 aliphatic carbocycles. The summed E-state index contributed by atoms with van der Waals surface area (Å²) >= 11 is 3.33. The van der Waals surface area contributed by atoms with Gasteiger partial charge >= 0.3 is 0 Å². The first-order chi connectivity index (χ1) is 14.9. The van der Waals surface area contributed by atoms with Crippen LogP contribution in [0.3, 0.4) is 0 Å². The topological polar surface area (TPSA) is 106 Å². The molecule has 6 atom stereocenters. The Morgan fingerprint density at radius 2 is 1.77 bits per heavy atom. The standard InChI is InChI=1S/C22H16BrN3O5/c23-17-7-10(26(29)30)1-3-14(17)18-6-2-11(31-18)9-24-25-21(27)19-12-4-5-13(16-8-15(12)16)20(19)22(25)28/h1-7,9,12-13,15-16,19-20H,8H2/b24-9-/t12-,13-,15-,16+,19-,20-/m1/s1. The quantitative estimate of drug-likeness (QED) is 0.215. The molecule has 9 heteroatoms. The van der Waals surface area contributed by atoms with Crippen LogP contribution in [-0.2, 0) is 9.59 Å². The Morgan fingerprint density at radius 1 is 1.10 bits per heavy atom. The average molecular weight is 482 g/mol. The number of nitro benzene ring substituents is 1. The Hall–Kier alpha value is -3.07. The van der Waals surface area contributed by atoms with Crippen LogP contribution in [0, 0.1) is 45.6 Å². The molecule has 0 N–H and O–H groups in total. The number of hydrogen-bond acceptors (Lipinski definition) is 6. The van der Waals surface area contributed by atoms with Gasteiger partial charge in [-0.3, -0.25) is 19.7 Å². The molecule has 1 aliphatic heterocycles. The highest BCUT2D eigenvalue weighted by Gasteiger charge is 2.67. The van der Waals surface area contributed by atoms with E-state index in [1.54, 1.807) is 18.2 Å². The minimum atomic E-state index is -0.471. The van der Waals surface area contributed by atoms with Crippen molar-refractivity contribution in [3.8, 4) is 11.3 Å². The molecule has 31 heavy (non-hydrogen) atoms. The average Bonchev–Trinajstić information content (AvgIpc) is 3.40. The van der Waals surface area contributed by atoms with E-state index in [0.29, 0.717) is 33.4 Å². The van der Waals surface area contributed by atoms with Crippen molar-refractivity contribution in [2.75, 3.05) is 0 Å². The Kier molecular flexibility index (Phi) is 3.89. The molecule has 1 saturated heterocycles. The van der Waals surface area contributed by atoms with E-state index in [1.807, 2.05) is 0 Å². The molecule has 2 aromatic rings. The van der Waals surface area contributed by atoms with Gasteiger partial charge in [-0.05, 0) is 64.2 Å². The van der Waals surface area contributed by atoms with Gasteiger partial charge in [-0.25, -0.2) is 0 Å². The van der Waals surface area contributed by atoms with E-state index in [1.165, 1.54) is 18.3 Å². The molecule has 1 aromatic heterocycles. The van der Waals surface area contributed by atoms with E-state index in [4.69, 9.17) is 4.42 Å². The van der Waals surface area contributed by atoms with Crippen LogP contribution in [0.25, 0.3) is 11.3 Å². The number of hydrazone groups is 1. The third kappa shape index (κ3) is 2.69. The first-order valence-corrected chi connectivity index (χ1v) is 10.9. The van der Waals surface area contributed by atoms with Gasteiger partial charge < -0.3 is 4.42 Å². The second-order valence-electron chi connectivity index (χ2n) is 8.51. The highest BCUT2D eigenvalue weighted by molar-refractivity contribution is 9.10. The number of allylic oxidation sites excluding steroid dienone is 2. The zero-order valence-electron chi connectivity index (χ0n) is 16.1. The fourth-order valence-corrected chi connectivity index (χ4v) is 6.12. The normalized spacial score (nSPS) is 32.6. The summed E-state index contributed by atoms with van der Waals surface area (Å²) in [5, 5.41) is 16.1. The highest BCUT2D eigenvalue weighted by Crippen LogP contribution is 2.65. The SMILES string of the molecule is O=C1[C@@H]2[C@@H]3C=C[C@H]([C@@H]4C[C@H]34)[C@H]2C(=O)N1/N=C\c1ccc(-c2ccc([N+](=O)[O-])cc2Br)o1. The molecule has 156 valence electrons. The number of non-ortho nitro benzene ring substituents is 1. The van der Waals surface area contributed by atoms with Gasteiger partial charge in [-0.2, -0.15) is 10.1 Å². The van der Waals surface area contributed by atoms with Gasteiger partial charge in [0.05, 0.1) is 23.0 Å². The molecule has 2 heterocycles. The predicted octanol–water partition coefficient (Wildman–Crippen LogP) is 4.00. The molecule has 8 nitrogen and oxygen atoms in total. The molecule has 3 fully saturated rings. The Bertz CT molecular complexity index is 1180. The van der Waals surface area contributed by atoms with Gasteiger partial charge in [-0.15, -0.1) is 0 Å². The first kappa shape index (κ1) is 18.7. The summed E-state index contributed by atoms with van der Waals surface area (Å²) in [6.07, 6.45) is 6.73. The van der Waals surface area contributed by atoms with Crippen LogP contribution in [0.4, 0.5) is 5.69 Å². The van der Waals surface area contributed by atoms with Crippen molar-refractivity contribution in [3.63, 3.8) is 0 Å². The summed E-state index contributed by atoms with van der Waals surface area (Å²) in [5.74, 6) is 1.25. The summed E-state index contributed by atoms with van der Waals surface area (Å²) in [6.45, 7) is 0. The molecule has 2 amide bonds.